The van der Waals surface area contributed by atoms with Crippen molar-refractivity contribution in [1.82, 2.24) is 15.5 Å². The zero-order chi connectivity index (χ0) is 12.5. The molecule has 2 heterocycles. The molecule has 0 aromatic rings. The summed E-state index contributed by atoms with van der Waals surface area (Å²) in [7, 11) is 0. The molecule has 1 saturated carbocycles. The van der Waals surface area contributed by atoms with Gasteiger partial charge in [0.2, 0.25) is 5.91 Å². The molecule has 2 aliphatic heterocycles. The minimum Gasteiger partial charge on any atom is -0.326 e. The van der Waals surface area contributed by atoms with E-state index in [4.69, 9.17) is 5.73 Å². The molecule has 5 heteroatoms. The van der Waals surface area contributed by atoms with E-state index >= 15 is 0 Å². The standard InChI is InChI=1S/C13H24N4O/c14-12-2-1-3-17(12)13(18)8-16-11-4-9-6-15-7-10(9)5-11/h9-12,15-16H,1-8,14H2/t9-,10+,11?,12?. The molecule has 0 bridgehead atoms. The van der Waals surface area contributed by atoms with Crippen LogP contribution < -0.4 is 16.4 Å². The molecule has 0 aromatic carbocycles. The zero-order valence-corrected chi connectivity index (χ0v) is 10.9. The molecule has 18 heavy (non-hydrogen) atoms. The molecule has 0 spiro atoms. The fourth-order valence-corrected chi connectivity index (χ4v) is 3.77. The van der Waals surface area contributed by atoms with Crippen molar-refractivity contribution >= 4 is 5.91 Å². The molecule has 102 valence electrons. The van der Waals surface area contributed by atoms with E-state index in [1.807, 2.05) is 4.90 Å². The van der Waals surface area contributed by atoms with Crippen molar-refractivity contribution < 1.29 is 4.79 Å². The van der Waals surface area contributed by atoms with Gasteiger partial charge < -0.3 is 21.3 Å². The molecule has 5 nitrogen and oxygen atoms in total. The van der Waals surface area contributed by atoms with Crippen LogP contribution >= 0.6 is 0 Å². The number of hydrogen-bond acceptors (Lipinski definition) is 4. The normalized spacial score (nSPS) is 39.3. The molecule has 3 aliphatic rings. The van der Waals surface area contributed by atoms with E-state index in [1.54, 1.807) is 0 Å². The lowest BCUT2D eigenvalue weighted by Gasteiger charge is -2.22. The van der Waals surface area contributed by atoms with Crippen molar-refractivity contribution in [3.63, 3.8) is 0 Å². The minimum absolute atomic E-state index is 0.0496. The van der Waals surface area contributed by atoms with E-state index in [0.717, 1.165) is 44.3 Å². The number of fused-ring (bicyclic) bond motifs is 1. The van der Waals surface area contributed by atoms with E-state index in [2.05, 4.69) is 10.6 Å². The third kappa shape index (κ3) is 2.39. The summed E-state index contributed by atoms with van der Waals surface area (Å²) in [5.74, 6) is 1.83. The van der Waals surface area contributed by atoms with E-state index < -0.39 is 0 Å². The van der Waals surface area contributed by atoms with Crippen molar-refractivity contribution in [3.8, 4) is 0 Å². The Morgan fingerprint density at radius 1 is 1.33 bits per heavy atom. The van der Waals surface area contributed by atoms with Crippen LogP contribution in [0.25, 0.3) is 0 Å². The quantitative estimate of drug-likeness (QED) is 0.632. The lowest BCUT2D eigenvalue weighted by molar-refractivity contribution is -0.131. The SMILES string of the molecule is NC1CCCN1C(=O)CNC1C[C@H]2CNC[C@H]2C1. The minimum atomic E-state index is -0.0496. The van der Waals surface area contributed by atoms with Crippen LogP contribution in [0.2, 0.25) is 0 Å². The summed E-state index contributed by atoms with van der Waals surface area (Å²) in [5, 5.41) is 6.87. The Morgan fingerprint density at radius 3 is 2.67 bits per heavy atom. The van der Waals surface area contributed by atoms with Crippen LogP contribution in [0.3, 0.4) is 0 Å². The number of nitrogens with two attached hydrogens (primary N) is 1. The summed E-state index contributed by atoms with van der Waals surface area (Å²) in [6.07, 6.45) is 4.39. The second-order valence-electron chi connectivity index (χ2n) is 6.02. The van der Waals surface area contributed by atoms with Gasteiger partial charge in [0, 0.05) is 12.6 Å². The maximum Gasteiger partial charge on any atom is 0.237 e. The second kappa shape index (κ2) is 5.15. The lowest BCUT2D eigenvalue weighted by atomic mass is 10.0. The molecule has 0 radical (unpaired) electrons. The number of amides is 1. The van der Waals surface area contributed by atoms with Gasteiger partial charge in [-0.2, -0.15) is 0 Å². The first kappa shape index (κ1) is 12.4. The van der Waals surface area contributed by atoms with Gasteiger partial charge in [-0.25, -0.2) is 0 Å². The number of likely N-dealkylation sites (tertiary alicyclic amines) is 1. The van der Waals surface area contributed by atoms with E-state index in [9.17, 15) is 4.79 Å². The third-order valence-corrected chi connectivity index (χ3v) is 4.82. The topological polar surface area (TPSA) is 70.4 Å². The van der Waals surface area contributed by atoms with Crippen molar-refractivity contribution in [2.45, 2.75) is 37.9 Å². The first-order valence-electron chi connectivity index (χ1n) is 7.23. The monoisotopic (exact) mass is 252 g/mol. The maximum atomic E-state index is 12.0. The number of hydrogen-bond donors (Lipinski definition) is 3. The molecule has 4 N–H and O–H groups in total. The molecule has 2 saturated heterocycles. The first-order chi connectivity index (χ1) is 8.74. The van der Waals surface area contributed by atoms with E-state index in [0.29, 0.717) is 12.6 Å². The summed E-state index contributed by atoms with van der Waals surface area (Å²) in [5.41, 5.74) is 5.91. The number of carbonyl (C=O) groups excluding carboxylic acids is 1. The molecule has 3 fully saturated rings. The number of nitrogens with zero attached hydrogens (tertiary/aromatic N) is 1. The summed E-state index contributed by atoms with van der Waals surface area (Å²) >= 11 is 0. The molecular weight excluding hydrogens is 228 g/mol. The highest BCUT2D eigenvalue weighted by molar-refractivity contribution is 5.78. The van der Waals surface area contributed by atoms with Crippen LogP contribution in [0.5, 0.6) is 0 Å². The number of carbonyl (C=O) groups is 1. The van der Waals surface area contributed by atoms with Crippen LogP contribution in [0.1, 0.15) is 25.7 Å². The summed E-state index contributed by atoms with van der Waals surface area (Å²) in [6.45, 7) is 3.62. The highest BCUT2D eigenvalue weighted by atomic mass is 16.2. The van der Waals surface area contributed by atoms with E-state index in [1.165, 1.54) is 12.8 Å². The number of nitrogens with one attached hydrogen (secondary N) is 2. The molecular formula is C13H24N4O. The molecule has 3 rings (SSSR count). The molecule has 1 amide bonds. The average molecular weight is 252 g/mol. The summed E-state index contributed by atoms with van der Waals surface area (Å²) in [6, 6.07) is 0.532. The van der Waals surface area contributed by atoms with Gasteiger partial charge in [0.1, 0.15) is 0 Å². The fourth-order valence-electron chi connectivity index (χ4n) is 3.77. The van der Waals surface area contributed by atoms with E-state index in [-0.39, 0.29) is 12.1 Å². The van der Waals surface area contributed by atoms with Gasteiger partial charge in [0.05, 0.1) is 12.7 Å². The van der Waals surface area contributed by atoms with Crippen LogP contribution in [0, 0.1) is 11.8 Å². The Morgan fingerprint density at radius 2 is 2.06 bits per heavy atom. The molecule has 0 aromatic heterocycles. The average Bonchev–Trinajstić information content (AvgIpc) is 3.00. The maximum absolute atomic E-state index is 12.0. The predicted octanol–water partition coefficient (Wildman–Crippen LogP) is -0.519. The fraction of sp³-hybridized carbons (Fsp3) is 0.923. The Hall–Kier alpha value is -0.650. The first-order valence-corrected chi connectivity index (χ1v) is 7.23. The van der Waals surface area contributed by atoms with Crippen molar-refractivity contribution in [3.05, 3.63) is 0 Å². The smallest absolute Gasteiger partial charge is 0.237 e. The van der Waals surface area contributed by atoms with Gasteiger partial charge in [0.25, 0.3) is 0 Å². The zero-order valence-electron chi connectivity index (χ0n) is 10.9. The van der Waals surface area contributed by atoms with Crippen LogP contribution in [0.4, 0.5) is 0 Å². The van der Waals surface area contributed by atoms with Gasteiger partial charge in [0.15, 0.2) is 0 Å². The molecule has 4 atom stereocenters. The largest absolute Gasteiger partial charge is 0.326 e. The Bertz CT molecular complexity index is 310. The van der Waals surface area contributed by atoms with Gasteiger partial charge in [-0.05, 0) is 50.6 Å². The molecule has 1 aliphatic carbocycles. The Kier molecular flexibility index (Phi) is 3.54. The predicted molar refractivity (Wildman–Crippen MR) is 69.8 cm³/mol. The summed E-state index contributed by atoms with van der Waals surface area (Å²) in [4.78, 5) is 13.9. The Labute approximate surface area is 108 Å². The van der Waals surface area contributed by atoms with Gasteiger partial charge in [-0.3, -0.25) is 4.79 Å². The van der Waals surface area contributed by atoms with Gasteiger partial charge in [-0.1, -0.05) is 0 Å². The highest BCUT2D eigenvalue weighted by Gasteiger charge is 2.37. The van der Waals surface area contributed by atoms with Crippen molar-refractivity contribution in [2.75, 3.05) is 26.2 Å². The van der Waals surface area contributed by atoms with Crippen LogP contribution in [0.15, 0.2) is 0 Å². The Balaban J connectivity index is 1.43. The number of rotatable bonds is 3. The third-order valence-electron chi connectivity index (χ3n) is 4.82. The molecule has 2 unspecified atom stereocenters. The van der Waals surface area contributed by atoms with Crippen molar-refractivity contribution in [2.24, 2.45) is 17.6 Å². The lowest BCUT2D eigenvalue weighted by Crippen LogP contribution is -2.46. The van der Waals surface area contributed by atoms with Crippen LogP contribution in [-0.2, 0) is 4.79 Å². The van der Waals surface area contributed by atoms with Gasteiger partial charge in [-0.15, -0.1) is 0 Å². The van der Waals surface area contributed by atoms with Crippen molar-refractivity contribution in [1.29, 1.82) is 0 Å². The second-order valence-corrected chi connectivity index (χ2v) is 6.02. The highest BCUT2D eigenvalue weighted by Crippen LogP contribution is 2.34. The van der Waals surface area contributed by atoms with Gasteiger partial charge >= 0.3 is 0 Å². The van der Waals surface area contributed by atoms with Crippen LogP contribution in [-0.4, -0.2) is 49.2 Å². The summed E-state index contributed by atoms with van der Waals surface area (Å²) < 4.78 is 0.